The minimum absolute atomic E-state index is 0.0669. The SMILES string of the molecule is CN1CCC(OCCCNC(=O)C2CCCCCN2C)CC1. The predicted molar refractivity (Wildman–Crippen MR) is 89.0 cm³/mol. The molecule has 1 atom stereocenters. The Morgan fingerprint density at radius 2 is 1.86 bits per heavy atom. The van der Waals surface area contributed by atoms with Gasteiger partial charge in [0.05, 0.1) is 12.1 Å². The lowest BCUT2D eigenvalue weighted by molar-refractivity contribution is -0.126. The van der Waals surface area contributed by atoms with E-state index in [1.165, 1.54) is 19.3 Å². The number of likely N-dealkylation sites (N-methyl/N-ethyl adjacent to an activating group) is 1. The van der Waals surface area contributed by atoms with Crippen molar-refractivity contribution in [2.24, 2.45) is 0 Å². The van der Waals surface area contributed by atoms with Crippen molar-refractivity contribution in [1.29, 1.82) is 0 Å². The maximum Gasteiger partial charge on any atom is 0.237 e. The van der Waals surface area contributed by atoms with Crippen LogP contribution in [0.1, 0.15) is 44.9 Å². The first kappa shape index (κ1) is 17.7. The third-order valence-electron chi connectivity index (χ3n) is 4.96. The molecule has 1 amide bonds. The van der Waals surface area contributed by atoms with E-state index in [9.17, 15) is 4.79 Å². The average molecular weight is 311 g/mol. The molecule has 2 saturated heterocycles. The molecule has 2 aliphatic heterocycles. The van der Waals surface area contributed by atoms with E-state index in [0.717, 1.165) is 58.5 Å². The molecule has 1 unspecified atom stereocenters. The number of rotatable bonds is 6. The van der Waals surface area contributed by atoms with E-state index in [4.69, 9.17) is 4.74 Å². The molecular weight excluding hydrogens is 278 g/mol. The first-order chi connectivity index (χ1) is 10.7. The summed E-state index contributed by atoms with van der Waals surface area (Å²) >= 11 is 0. The zero-order valence-corrected chi connectivity index (χ0v) is 14.4. The Hall–Kier alpha value is -0.650. The number of carbonyl (C=O) groups excluding carboxylic acids is 1. The molecule has 0 spiro atoms. The topological polar surface area (TPSA) is 44.8 Å². The van der Waals surface area contributed by atoms with Gasteiger partial charge in [-0.05, 0) is 52.7 Å². The summed E-state index contributed by atoms with van der Waals surface area (Å²) in [4.78, 5) is 16.8. The van der Waals surface area contributed by atoms with Crippen LogP contribution in [0.25, 0.3) is 0 Å². The van der Waals surface area contributed by atoms with Gasteiger partial charge in [-0.1, -0.05) is 12.8 Å². The zero-order valence-electron chi connectivity index (χ0n) is 14.4. The first-order valence-electron chi connectivity index (χ1n) is 8.95. The number of nitrogens with one attached hydrogen (secondary N) is 1. The highest BCUT2D eigenvalue weighted by molar-refractivity contribution is 5.81. The third-order valence-corrected chi connectivity index (χ3v) is 4.96. The summed E-state index contributed by atoms with van der Waals surface area (Å²) in [6, 6.07) is 0.0669. The van der Waals surface area contributed by atoms with Gasteiger partial charge < -0.3 is 15.0 Å². The average Bonchev–Trinajstić information content (AvgIpc) is 2.73. The largest absolute Gasteiger partial charge is 0.378 e. The second-order valence-electron chi connectivity index (χ2n) is 6.86. The number of carbonyl (C=O) groups is 1. The van der Waals surface area contributed by atoms with Crippen LogP contribution in [-0.4, -0.2) is 74.7 Å². The molecule has 2 heterocycles. The number of likely N-dealkylation sites (tertiary alicyclic amines) is 2. The summed E-state index contributed by atoms with van der Waals surface area (Å²) < 4.78 is 5.91. The normalized spacial score (nSPS) is 25.8. The van der Waals surface area contributed by atoms with Crippen molar-refractivity contribution in [3.63, 3.8) is 0 Å². The van der Waals surface area contributed by atoms with E-state index in [2.05, 4.69) is 29.2 Å². The molecule has 5 nitrogen and oxygen atoms in total. The molecule has 128 valence electrons. The van der Waals surface area contributed by atoms with Gasteiger partial charge in [0.1, 0.15) is 0 Å². The highest BCUT2D eigenvalue weighted by atomic mass is 16.5. The fourth-order valence-corrected chi connectivity index (χ4v) is 3.39. The van der Waals surface area contributed by atoms with Gasteiger partial charge in [-0.15, -0.1) is 0 Å². The number of hydrogen-bond donors (Lipinski definition) is 1. The van der Waals surface area contributed by atoms with Crippen molar-refractivity contribution in [2.45, 2.75) is 57.1 Å². The molecule has 1 N–H and O–H groups in total. The Bertz CT molecular complexity index is 330. The fourth-order valence-electron chi connectivity index (χ4n) is 3.39. The van der Waals surface area contributed by atoms with E-state index in [0.29, 0.717) is 6.10 Å². The zero-order chi connectivity index (χ0) is 15.8. The van der Waals surface area contributed by atoms with Crippen LogP contribution >= 0.6 is 0 Å². The quantitative estimate of drug-likeness (QED) is 0.755. The predicted octanol–water partition coefficient (Wildman–Crippen LogP) is 1.48. The highest BCUT2D eigenvalue weighted by Crippen LogP contribution is 2.15. The third kappa shape index (κ3) is 5.86. The lowest BCUT2D eigenvalue weighted by atomic mass is 10.1. The molecule has 0 saturated carbocycles. The van der Waals surface area contributed by atoms with Crippen LogP contribution < -0.4 is 5.32 Å². The second kappa shape index (κ2) is 9.48. The first-order valence-corrected chi connectivity index (χ1v) is 8.95. The van der Waals surface area contributed by atoms with Crippen molar-refractivity contribution in [3.05, 3.63) is 0 Å². The van der Waals surface area contributed by atoms with E-state index in [1.807, 2.05) is 0 Å². The smallest absolute Gasteiger partial charge is 0.237 e. The standard InChI is InChI=1S/C17H33N3O2/c1-19-12-8-15(9-13-19)22-14-6-10-18-17(21)16-7-4-3-5-11-20(16)2/h15-16H,3-14H2,1-2H3,(H,18,21). The summed E-state index contributed by atoms with van der Waals surface area (Å²) in [7, 11) is 4.23. The summed E-state index contributed by atoms with van der Waals surface area (Å²) in [6.07, 6.45) is 8.22. The van der Waals surface area contributed by atoms with Crippen LogP contribution in [0.3, 0.4) is 0 Å². The summed E-state index contributed by atoms with van der Waals surface area (Å²) in [6.45, 7) is 4.80. The van der Waals surface area contributed by atoms with Gasteiger partial charge in [-0.3, -0.25) is 9.69 Å². The van der Waals surface area contributed by atoms with Crippen molar-refractivity contribution < 1.29 is 9.53 Å². The Labute approximate surface area is 135 Å². The van der Waals surface area contributed by atoms with Crippen LogP contribution in [0, 0.1) is 0 Å². The van der Waals surface area contributed by atoms with E-state index >= 15 is 0 Å². The Kier molecular flexibility index (Phi) is 7.63. The number of nitrogens with zero attached hydrogens (tertiary/aromatic N) is 2. The Balaban J connectivity index is 1.55. The Morgan fingerprint density at radius 3 is 2.64 bits per heavy atom. The molecule has 0 aromatic rings. The van der Waals surface area contributed by atoms with Crippen LogP contribution in [0.4, 0.5) is 0 Å². The molecule has 2 rings (SSSR count). The molecule has 22 heavy (non-hydrogen) atoms. The van der Waals surface area contributed by atoms with Gasteiger partial charge in [-0.2, -0.15) is 0 Å². The molecule has 0 aliphatic carbocycles. The summed E-state index contributed by atoms with van der Waals surface area (Å²) in [5.74, 6) is 0.198. The number of hydrogen-bond acceptors (Lipinski definition) is 4. The molecular formula is C17H33N3O2. The minimum atomic E-state index is 0.0669. The van der Waals surface area contributed by atoms with Gasteiger partial charge in [-0.25, -0.2) is 0 Å². The minimum Gasteiger partial charge on any atom is -0.378 e. The van der Waals surface area contributed by atoms with Crippen LogP contribution in [0.5, 0.6) is 0 Å². The van der Waals surface area contributed by atoms with Crippen molar-refractivity contribution in [1.82, 2.24) is 15.1 Å². The van der Waals surface area contributed by atoms with Gasteiger partial charge in [0.25, 0.3) is 0 Å². The van der Waals surface area contributed by atoms with Gasteiger partial charge >= 0.3 is 0 Å². The number of piperidine rings is 1. The van der Waals surface area contributed by atoms with E-state index in [1.54, 1.807) is 0 Å². The van der Waals surface area contributed by atoms with Crippen molar-refractivity contribution >= 4 is 5.91 Å². The van der Waals surface area contributed by atoms with Crippen LogP contribution in [-0.2, 0) is 9.53 Å². The van der Waals surface area contributed by atoms with Gasteiger partial charge in [0, 0.05) is 26.2 Å². The number of ether oxygens (including phenoxy) is 1. The molecule has 0 aromatic heterocycles. The van der Waals surface area contributed by atoms with E-state index < -0.39 is 0 Å². The monoisotopic (exact) mass is 311 g/mol. The van der Waals surface area contributed by atoms with Crippen molar-refractivity contribution in [3.8, 4) is 0 Å². The number of amides is 1. The molecule has 0 bridgehead atoms. The molecule has 0 aromatic carbocycles. The lowest BCUT2D eigenvalue weighted by Crippen LogP contribution is -2.45. The lowest BCUT2D eigenvalue weighted by Gasteiger charge is -2.29. The Morgan fingerprint density at radius 1 is 1.09 bits per heavy atom. The molecule has 0 radical (unpaired) electrons. The van der Waals surface area contributed by atoms with E-state index in [-0.39, 0.29) is 11.9 Å². The van der Waals surface area contributed by atoms with Gasteiger partial charge in [0.15, 0.2) is 0 Å². The van der Waals surface area contributed by atoms with Crippen LogP contribution in [0.2, 0.25) is 0 Å². The molecule has 5 heteroatoms. The maximum atomic E-state index is 12.3. The maximum absolute atomic E-state index is 12.3. The summed E-state index contributed by atoms with van der Waals surface area (Å²) in [5.41, 5.74) is 0. The second-order valence-corrected chi connectivity index (χ2v) is 6.86. The molecule has 2 aliphatic rings. The highest BCUT2D eigenvalue weighted by Gasteiger charge is 2.24. The fraction of sp³-hybridized carbons (Fsp3) is 0.941. The molecule has 2 fully saturated rings. The van der Waals surface area contributed by atoms with Gasteiger partial charge in [0.2, 0.25) is 5.91 Å². The summed E-state index contributed by atoms with van der Waals surface area (Å²) in [5, 5.41) is 3.09. The van der Waals surface area contributed by atoms with Crippen LogP contribution in [0.15, 0.2) is 0 Å². The van der Waals surface area contributed by atoms with Crippen molar-refractivity contribution in [2.75, 3.05) is 46.9 Å².